The van der Waals surface area contributed by atoms with Crippen LogP contribution >= 0.6 is 0 Å². The average molecular weight is 214 g/mol. The lowest BCUT2D eigenvalue weighted by molar-refractivity contribution is -0.142. The Morgan fingerprint density at radius 3 is 2.60 bits per heavy atom. The molecule has 5 nitrogen and oxygen atoms in total. The van der Waals surface area contributed by atoms with Gasteiger partial charge in [0, 0.05) is 0 Å². The van der Waals surface area contributed by atoms with Crippen molar-refractivity contribution in [2.45, 2.75) is 44.7 Å². The number of hydrogen-bond acceptors (Lipinski definition) is 3. The van der Waals surface area contributed by atoms with Crippen molar-refractivity contribution in [3.05, 3.63) is 0 Å². The van der Waals surface area contributed by atoms with E-state index in [1.54, 1.807) is 0 Å². The van der Waals surface area contributed by atoms with Gasteiger partial charge in [0.2, 0.25) is 5.91 Å². The van der Waals surface area contributed by atoms with E-state index < -0.39 is 17.6 Å². The van der Waals surface area contributed by atoms with Crippen LogP contribution in [-0.4, -0.2) is 35.1 Å². The number of carbonyl (C=O) groups is 2. The zero-order valence-electron chi connectivity index (χ0n) is 9.17. The number of carboxylic acids is 1. The van der Waals surface area contributed by atoms with Crippen molar-refractivity contribution in [3.8, 4) is 0 Å². The first-order valence-corrected chi connectivity index (χ1v) is 5.24. The van der Waals surface area contributed by atoms with E-state index >= 15 is 0 Å². The normalized spacial score (nSPS) is 28.1. The third kappa shape index (κ3) is 2.92. The summed E-state index contributed by atoms with van der Waals surface area (Å²) in [6.07, 6.45) is 2.82. The minimum absolute atomic E-state index is 0.225. The van der Waals surface area contributed by atoms with Crippen LogP contribution in [-0.2, 0) is 9.59 Å². The molecule has 0 aliphatic carbocycles. The number of amides is 1. The van der Waals surface area contributed by atoms with Crippen molar-refractivity contribution >= 4 is 11.9 Å². The van der Waals surface area contributed by atoms with E-state index in [-0.39, 0.29) is 5.91 Å². The topological polar surface area (TPSA) is 78.4 Å². The molecule has 1 saturated heterocycles. The lowest BCUT2D eigenvalue weighted by atomic mass is 9.90. The fraction of sp³-hybridized carbons (Fsp3) is 0.800. The number of nitrogens with one attached hydrogen (secondary N) is 2. The van der Waals surface area contributed by atoms with E-state index in [0.717, 1.165) is 25.8 Å². The molecule has 1 fully saturated rings. The van der Waals surface area contributed by atoms with Gasteiger partial charge in [-0.15, -0.1) is 0 Å². The van der Waals surface area contributed by atoms with Crippen molar-refractivity contribution < 1.29 is 14.7 Å². The number of carbonyl (C=O) groups excluding carboxylic acids is 1. The van der Waals surface area contributed by atoms with E-state index in [2.05, 4.69) is 10.6 Å². The first-order chi connectivity index (χ1) is 6.96. The fourth-order valence-electron chi connectivity index (χ4n) is 1.67. The smallest absolute Gasteiger partial charge is 0.325 e. The first kappa shape index (κ1) is 12.0. The highest BCUT2D eigenvalue weighted by atomic mass is 16.4. The lowest BCUT2D eigenvalue weighted by Crippen LogP contribution is -2.59. The zero-order valence-corrected chi connectivity index (χ0v) is 9.17. The molecule has 0 saturated carbocycles. The number of aliphatic carboxylic acids is 1. The molecule has 2 atom stereocenters. The maximum Gasteiger partial charge on any atom is 0.325 e. The maximum atomic E-state index is 11.8. The van der Waals surface area contributed by atoms with Gasteiger partial charge in [-0.25, -0.2) is 0 Å². The summed E-state index contributed by atoms with van der Waals surface area (Å²) in [6.45, 7) is 4.09. The van der Waals surface area contributed by atoms with E-state index in [1.165, 1.54) is 6.92 Å². The number of rotatable bonds is 3. The van der Waals surface area contributed by atoms with Crippen molar-refractivity contribution in [2.24, 2.45) is 0 Å². The van der Waals surface area contributed by atoms with Crippen LogP contribution in [0.3, 0.4) is 0 Å². The molecule has 1 aliphatic rings. The van der Waals surface area contributed by atoms with Crippen molar-refractivity contribution in [1.29, 1.82) is 0 Å². The molecule has 0 bridgehead atoms. The molecule has 15 heavy (non-hydrogen) atoms. The monoisotopic (exact) mass is 214 g/mol. The summed E-state index contributed by atoms with van der Waals surface area (Å²) in [5, 5.41) is 14.3. The standard InChI is InChI=1S/C10H18N2O3/c1-7(8(13)14)12-9(15)10(2)5-3-4-6-11-10/h7,11H,3-6H2,1-2H3,(H,12,15)(H,13,14)/t7-,10?/m1/s1. The van der Waals surface area contributed by atoms with Crippen LogP contribution in [0.5, 0.6) is 0 Å². The molecule has 86 valence electrons. The van der Waals surface area contributed by atoms with Crippen molar-refractivity contribution in [1.82, 2.24) is 10.6 Å². The summed E-state index contributed by atoms with van der Waals surface area (Å²) in [7, 11) is 0. The predicted octanol–water partition coefficient (Wildman–Crippen LogP) is 0.108. The Morgan fingerprint density at radius 1 is 1.47 bits per heavy atom. The Kier molecular flexibility index (Phi) is 3.68. The Morgan fingerprint density at radius 2 is 2.13 bits per heavy atom. The Labute approximate surface area is 89.2 Å². The summed E-state index contributed by atoms with van der Waals surface area (Å²) in [4.78, 5) is 22.4. The average Bonchev–Trinajstić information content (AvgIpc) is 2.18. The van der Waals surface area contributed by atoms with Crippen molar-refractivity contribution in [3.63, 3.8) is 0 Å². The predicted molar refractivity (Wildman–Crippen MR) is 55.5 cm³/mol. The number of piperidine rings is 1. The largest absolute Gasteiger partial charge is 0.480 e. The highest BCUT2D eigenvalue weighted by Crippen LogP contribution is 2.18. The van der Waals surface area contributed by atoms with Gasteiger partial charge in [0.15, 0.2) is 0 Å². The summed E-state index contributed by atoms with van der Waals surface area (Å²) in [6, 6.07) is -0.835. The second-order valence-electron chi connectivity index (χ2n) is 4.25. The quantitative estimate of drug-likeness (QED) is 0.623. The fourth-order valence-corrected chi connectivity index (χ4v) is 1.67. The highest BCUT2D eigenvalue weighted by Gasteiger charge is 2.35. The van der Waals surface area contributed by atoms with Gasteiger partial charge in [-0.1, -0.05) is 0 Å². The minimum Gasteiger partial charge on any atom is -0.480 e. The second kappa shape index (κ2) is 4.61. The zero-order chi connectivity index (χ0) is 11.5. The minimum atomic E-state index is -1.01. The van der Waals surface area contributed by atoms with E-state index in [1.807, 2.05) is 6.92 Å². The number of hydrogen-bond donors (Lipinski definition) is 3. The highest BCUT2D eigenvalue weighted by molar-refractivity contribution is 5.89. The van der Waals surface area contributed by atoms with Gasteiger partial charge in [0.1, 0.15) is 6.04 Å². The van der Waals surface area contributed by atoms with Gasteiger partial charge in [-0.3, -0.25) is 9.59 Å². The van der Waals surface area contributed by atoms with Gasteiger partial charge < -0.3 is 15.7 Å². The summed E-state index contributed by atoms with van der Waals surface area (Å²) in [5.41, 5.74) is -0.609. The maximum absolute atomic E-state index is 11.8. The SMILES string of the molecule is C[C@@H](NC(=O)C1(C)CCCCN1)C(=O)O. The van der Waals surface area contributed by atoms with Crippen LogP contribution in [0.25, 0.3) is 0 Å². The molecule has 1 heterocycles. The van der Waals surface area contributed by atoms with E-state index in [0.29, 0.717) is 0 Å². The molecule has 5 heteroatoms. The molecule has 0 aromatic heterocycles. The van der Waals surface area contributed by atoms with Crippen LogP contribution in [0.2, 0.25) is 0 Å². The molecule has 1 aliphatic heterocycles. The third-order valence-electron chi connectivity index (χ3n) is 2.84. The van der Waals surface area contributed by atoms with Crippen LogP contribution in [0.4, 0.5) is 0 Å². The molecule has 0 radical (unpaired) electrons. The molecule has 1 rings (SSSR count). The lowest BCUT2D eigenvalue weighted by Gasteiger charge is -2.34. The summed E-state index contributed by atoms with van der Waals surface area (Å²) < 4.78 is 0. The number of carboxylic acid groups (broad SMARTS) is 1. The Bertz CT molecular complexity index is 259. The van der Waals surface area contributed by atoms with Gasteiger partial charge >= 0.3 is 5.97 Å². The molecule has 3 N–H and O–H groups in total. The summed E-state index contributed by atoms with van der Waals surface area (Å²) >= 11 is 0. The molecule has 1 unspecified atom stereocenters. The Hall–Kier alpha value is -1.10. The van der Waals surface area contributed by atoms with Gasteiger partial charge in [0.05, 0.1) is 5.54 Å². The summed E-state index contributed by atoms with van der Waals surface area (Å²) in [5.74, 6) is -1.24. The van der Waals surface area contributed by atoms with Gasteiger partial charge in [0.25, 0.3) is 0 Å². The van der Waals surface area contributed by atoms with Gasteiger partial charge in [-0.05, 0) is 39.7 Å². The molecular formula is C10H18N2O3. The van der Waals surface area contributed by atoms with Crippen LogP contribution in [0, 0.1) is 0 Å². The molecule has 0 aromatic rings. The molecule has 0 spiro atoms. The van der Waals surface area contributed by atoms with Crippen molar-refractivity contribution in [2.75, 3.05) is 6.54 Å². The third-order valence-corrected chi connectivity index (χ3v) is 2.84. The molecule has 0 aromatic carbocycles. The van der Waals surface area contributed by atoms with Crippen LogP contribution < -0.4 is 10.6 Å². The van der Waals surface area contributed by atoms with E-state index in [9.17, 15) is 9.59 Å². The van der Waals surface area contributed by atoms with E-state index in [4.69, 9.17) is 5.11 Å². The first-order valence-electron chi connectivity index (χ1n) is 5.24. The van der Waals surface area contributed by atoms with Crippen LogP contribution in [0.15, 0.2) is 0 Å². The second-order valence-corrected chi connectivity index (χ2v) is 4.25. The van der Waals surface area contributed by atoms with Gasteiger partial charge in [-0.2, -0.15) is 0 Å². The molecular weight excluding hydrogens is 196 g/mol. The molecule has 1 amide bonds. The Balaban J connectivity index is 2.55. The van der Waals surface area contributed by atoms with Crippen LogP contribution in [0.1, 0.15) is 33.1 Å².